The molecule has 0 saturated heterocycles. The van der Waals surface area contributed by atoms with Crippen LogP contribution in [0.15, 0.2) is 12.5 Å². The maximum Gasteiger partial charge on any atom is 0.322 e. The number of aliphatic carboxylic acids is 1. The highest BCUT2D eigenvalue weighted by Gasteiger charge is 2.06. The third-order valence-electron chi connectivity index (χ3n) is 1.62. The minimum Gasteiger partial charge on any atom is -0.480 e. The quantitative estimate of drug-likeness (QED) is 0.691. The standard InChI is InChI=1S/C9H11N3O4/c1-6-2-10-5-12-9(6)16-4-7(13)11-3-8(14)15/h2,5H,3-4H2,1H3,(H,11,13)(H,14,15). The average Bonchev–Trinajstić information content (AvgIpc) is 2.25. The van der Waals surface area contributed by atoms with Crippen LogP contribution < -0.4 is 10.1 Å². The van der Waals surface area contributed by atoms with E-state index in [1.165, 1.54) is 6.33 Å². The minimum atomic E-state index is -1.11. The van der Waals surface area contributed by atoms with Gasteiger partial charge in [-0.05, 0) is 6.92 Å². The fourth-order valence-corrected chi connectivity index (χ4v) is 0.898. The number of carboxylic acid groups (broad SMARTS) is 1. The van der Waals surface area contributed by atoms with E-state index in [1.54, 1.807) is 13.1 Å². The number of hydrogen-bond acceptors (Lipinski definition) is 5. The number of carbonyl (C=O) groups is 2. The average molecular weight is 225 g/mol. The summed E-state index contributed by atoms with van der Waals surface area (Å²) in [6, 6.07) is 0. The van der Waals surface area contributed by atoms with Gasteiger partial charge in [0.05, 0.1) is 0 Å². The Labute approximate surface area is 91.5 Å². The number of hydrogen-bond donors (Lipinski definition) is 2. The fourth-order valence-electron chi connectivity index (χ4n) is 0.898. The number of rotatable bonds is 5. The van der Waals surface area contributed by atoms with Crippen molar-refractivity contribution in [3.05, 3.63) is 18.1 Å². The molecule has 0 spiro atoms. The van der Waals surface area contributed by atoms with Crippen molar-refractivity contribution in [1.82, 2.24) is 15.3 Å². The summed E-state index contributed by atoms with van der Waals surface area (Å²) in [5.41, 5.74) is 0.702. The van der Waals surface area contributed by atoms with Crippen LogP contribution in [0.1, 0.15) is 5.56 Å². The number of carbonyl (C=O) groups excluding carboxylic acids is 1. The number of nitrogens with one attached hydrogen (secondary N) is 1. The maximum absolute atomic E-state index is 11.1. The van der Waals surface area contributed by atoms with Crippen molar-refractivity contribution in [3.63, 3.8) is 0 Å². The van der Waals surface area contributed by atoms with Crippen LogP contribution in [-0.2, 0) is 9.59 Å². The highest BCUT2D eigenvalue weighted by molar-refractivity contribution is 5.82. The molecule has 0 aliphatic carbocycles. The first-order chi connectivity index (χ1) is 7.59. The van der Waals surface area contributed by atoms with Gasteiger partial charge >= 0.3 is 5.97 Å². The zero-order chi connectivity index (χ0) is 12.0. The molecule has 0 radical (unpaired) electrons. The monoisotopic (exact) mass is 225 g/mol. The second kappa shape index (κ2) is 5.64. The molecule has 0 unspecified atom stereocenters. The van der Waals surface area contributed by atoms with Gasteiger partial charge in [-0.1, -0.05) is 0 Å². The van der Waals surface area contributed by atoms with Crippen LogP contribution in [0.2, 0.25) is 0 Å². The first kappa shape index (κ1) is 11.9. The Morgan fingerprint density at radius 3 is 2.94 bits per heavy atom. The normalized spacial score (nSPS) is 9.56. The van der Waals surface area contributed by atoms with E-state index < -0.39 is 18.4 Å². The van der Waals surface area contributed by atoms with E-state index in [0.717, 1.165) is 0 Å². The van der Waals surface area contributed by atoms with Gasteiger partial charge in [0.1, 0.15) is 12.9 Å². The van der Waals surface area contributed by atoms with E-state index in [9.17, 15) is 9.59 Å². The topological polar surface area (TPSA) is 101 Å². The van der Waals surface area contributed by atoms with Gasteiger partial charge < -0.3 is 15.2 Å². The van der Waals surface area contributed by atoms with Crippen molar-refractivity contribution in [1.29, 1.82) is 0 Å². The van der Waals surface area contributed by atoms with Gasteiger partial charge in [0.25, 0.3) is 5.91 Å². The SMILES string of the molecule is Cc1cncnc1OCC(=O)NCC(=O)O. The van der Waals surface area contributed by atoms with E-state index in [1.807, 2.05) is 0 Å². The molecule has 0 atom stereocenters. The summed E-state index contributed by atoms with van der Waals surface area (Å²) in [6.07, 6.45) is 2.86. The van der Waals surface area contributed by atoms with Crippen LogP contribution in [-0.4, -0.2) is 40.1 Å². The molecule has 7 nitrogen and oxygen atoms in total. The van der Waals surface area contributed by atoms with Gasteiger partial charge in [-0.15, -0.1) is 0 Å². The molecule has 0 aromatic carbocycles. The van der Waals surface area contributed by atoms with Crippen LogP contribution in [0.25, 0.3) is 0 Å². The number of ether oxygens (including phenoxy) is 1. The first-order valence-electron chi connectivity index (χ1n) is 4.47. The van der Waals surface area contributed by atoms with E-state index in [4.69, 9.17) is 9.84 Å². The highest BCUT2D eigenvalue weighted by atomic mass is 16.5. The summed E-state index contributed by atoms with van der Waals surface area (Å²) in [5.74, 6) is -1.31. The Bertz CT molecular complexity index is 394. The summed E-state index contributed by atoms with van der Waals surface area (Å²) in [7, 11) is 0. The Morgan fingerprint density at radius 2 is 2.31 bits per heavy atom. The highest BCUT2D eigenvalue weighted by Crippen LogP contribution is 2.09. The lowest BCUT2D eigenvalue weighted by Gasteiger charge is -2.06. The van der Waals surface area contributed by atoms with Crippen LogP contribution >= 0.6 is 0 Å². The number of aromatic nitrogens is 2. The Hall–Kier alpha value is -2.18. The molecule has 7 heteroatoms. The molecule has 0 saturated carbocycles. The number of aryl methyl sites for hydroxylation is 1. The summed E-state index contributed by atoms with van der Waals surface area (Å²) in [5, 5.41) is 10.5. The van der Waals surface area contributed by atoms with Gasteiger partial charge in [0.2, 0.25) is 5.88 Å². The van der Waals surface area contributed by atoms with Gasteiger partial charge in [0, 0.05) is 11.8 Å². The first-order valence-corrected chi connectivity index (χ1v) is 4.47. The predicted octanol–water partition coefficient (Wildman–Crippen LogP) is -0.635. The minimum absolute atomic E-state index is 0.273. The third kappa shape index (κ3) is 3.91. The molecule has 1 rings (SSSR count). The molecule has 0 aliphatic rings. The number of carboxylic acids is 1. The van der Waals surface area contributed by atoms with Crippen molar-refractivity contribution in [2.75, 3.05) is 13.2 Å². The Morgan fingerprint density at radius 1 is 1.56 bits per heavy atom. The molecule has 0 fully saturated rings. The van der Waals surface area contributed by atoms with E-state index in [-0.39, 0.29) is 6.61 Å². The van der Waals surface area contributed by atoms with Crippen LogP contribution in [0.4, 0.5) is 0 Å². The maximum atomic E-state index is 11.1. The van der Waals surface area contributed by atoms with E-state index in [0.29, 0.717) is 11.4 Å². The summed E-state index contributed by atoms with van der Waals surface area (Å²) in [6.45, 7) is 1.04. The van der Waals surface area contributed by atoms with Crippen molar-refractivity contribution in [2.24, 2.45) is 0 Å². The number of amides is 1. The summed E-state index contributed by atoms with van der Waals surface area (Å²) >= 11 is 0. The molecule has 1 aromatic heterocycles. The fraction of sp³-hybridized carbons (Fsp3) is 0.333. The van der Waals surface area contributed by atoms with E-state index in [2.05, 4.69) is 15.3 Å². The predicted molar refractivity (Wildman–Crippen MR) is 52.9 cm³/mol. The largest absolute Gasteiger partial charge is 0.480 e. The lowest BCUT2D eigenvalue weighted by atomic mass is 10.4. The molecular weight excluding hydrogens is 214 g/mol. The molecule has 2 N–H and O–H groups in total. The van der Waals surface area contributed by atoms with Crippen molar-refractivity contribution >= 4 is 11.9 Å². The van der Waals surface area contributed by atoms with E-state index >= 15 is 0 Å². The second-order valence-corrected chi connectivity index (χ2v) is 2.97. The smallest absolute Gasteiger partial charge is 0.322 e. The zero-order valence-electron chi connectivity index (χ0n) is 8.64. The molecule has 16 heavy (non-hydrogen) atoms. The lowest BCUT2D eigenvalue weighted by Crippen LogP contribution is -2.33. The number of nitrogens with zero attached hydrogens (tertiary/aromatic N) is 2. The summed E-state index contributed by atoms with van der Waals surface area (Å²) < 4.78 is 5.07. The van der Waals surface area contributed by atoms with Crippen molar-refractivity contribution in [2.45, 2.75) is 6.92 Å². The molecule has 0 bridgehead atoms. The second-order valence-electron chi connectivity index (χ2n) is 2.97. The molecule has 0 aliphatic heterocycles. The summed E-state index contributed by atoms with van der Waals surface area (Å²) in [4.78, 5) is 28.8. The molecule has 1 amide bonds. The Balaban J connectivity index is 2.37. The lowest BCUT2D eigenvalue weighted by molar-refractivity contribution is -0.138. The Kier molecular flexibility index (Phi) is 4.19. The van der Waals surface area contributed by atoms with Crippen molar-refractivity contribution < 1.29 is 19.4 Å². The third-order valence-corrected chi connectivity index (χ3v) is 1.62. The van der Waals surface area contributed by atoms with Crippen LogP contribution in [0, 0.1) is 6.92 Å². The van der Waals surface area contributed by atoms with Crippen molar-refractivity contribution in [3.8, 4) is 5.88 Å². The van der Waals surface area contributed by atoms with Crippen LogP contribution in [0.5, 0.6) is 5.88 Å². The van der Waals surface area contributed by atoms with Crippen LogP contribution in [0.3, 0.4) is 0 Å². The van der Waals surface area contributed by atoms with Gasteiger partial charge in [-0.3, -0.25) is 9.59 Å². The van der Waals surface area contributed by atoms with Gasteiger partial charge in [-0.25, -0.2) is 9.97 Å². The molecule has 86 valence electrons. The van der Waals surface area contributed by atoms with Gasteiger partial charge in [-0.2, -0.15) is 0 Å². The molecule has 1 heterocycles. The zero-order valence-corrected chi connectivity index (χ0v) is 8.64. The molecule has 1 aromatic rings. The van der Waals surface area contributed by atoms with Gasteiger partial charge in [0.15, 0.2) is 6.61 Å². The molecular formula is C9H11N3O4.